The number of aliphatic imine (C=N–C) groups is 1. The van der Waals surface area contributed by atoms with E-state index in [-0.39, 0.29) is 5.41 Å². The topological polar surface area (TPSA) is 64.7 Å². The Labute approximate surface area is 77.2 Å². The molecule has 13 heavy (non-hydrogen) atoms. The highest BCUT2D eigenvalue weighted by atomic mass is 16.6. The van der Waals surface area contributed by atoms with Crippen LogP contribution in [-0.2, 0) is 4.74 Å². The normalized spacial score (nSPS) is 36.5. The number of rotatable bonds is 0. The smallest absolute Gasteiger partial charge is 0.433 e. The molecule has 1 fully saturated rings. The minimum absolute atomic E-state index is 0.199. The summed E-state index contributed by atoms with van der Waals surface area (Å²) in [6, 6.07) is 0. The van der Waals surface area contributed by atoms with Gasteiger partial charge in [-0.15, -0.1) is 0 Å². The van der Waals surface area contributed by atoms with Crippen LogP contribution in [0.25, 0.3) is 0 Å². The van der Waals surface area contributed by atoms with Gasteiger partial charge in [0, 0.05) is 0 Å². The molecule has 4 nitrogen and oxygen atoms in total. The Morgan fingerprint density at radius 3 is 2.54 bits per heavy atom. The number of hydrogen-bond donors (Lipinski definition) is 1. The minimum atomic E-state index is -0.569. The highest BCUT2D eigenvalue weighted by Crippen LogP contribution is 2.47. The number of amides is 1. The van der Waals surface area contributed by atoms with Gasteiger partial charge in [-0.05, 0) is 24.7 Å². The molecule has 0 aromatic heterocycles. The average molecular weight is 182 g/mol. The molecule has 0 saturated heterocycles. The molecule has 1 aliphatic carbocycles. The van der Waals surface area contributed by atoms with Gasteiger partial charge in [-0.2, -0.15) is 4.99 Å². The van der Waals surface area contributed by atoms with Crippen LogP contribution in [0.3, 0.4) is 0 Å². The molecule has 2 aliphatic rings. The van der Waals surface area contributed by atoms with E-state index in [0.29, 0.717) is 5.84 Å². The Morgan fingerprint density at radius 1 is 1.46 bits per heavy atom. The lowest BCUT2D eigenvalue weighted by atomic mass is 9.89. The predicted octanol–water partition coefficient (Wildman–Crippen LogP) is 1.44. The molecule has 2 N–H and O–H groups in total. The predicted molar refractivity (Wildman–Crippen MR) is 48.5 cm³/mol. The van der Waals surface area contributed by atoms with E-state index < -0.39 is 11.7 Å². The lowest BCUT2D eigenvalue weighted by Crippen LogP contribution is -2.41. The van der Waals surface area contributed by atoms with E-state index in [1.54, 1.807) is 0 Å². The summed E-state index contributed by atoms with van der Waals surface area (Å²) >= 11 is 0. The van der Waals surface area contributed by atoms with Gasteiger partial charge >= 0.3 is 6.09 Å². The van der Waals surface area contributed by atoms with Gasteiger partial charge in [0.2, 0.25) is 0 Å². The number of nitrogens with two attached hydrogens (primary N) is 1. The third-order valence-electron chi connectivity index (χ3n) is 2.93. The van der Waals surface area contributed by atoms with Crippen molar-refractivity contribution in [3.8, 4) is 0 Å². The first-order valence-electron chi connectivity index (χ1n) is 4.51. The van der Waals surface area contributed by atoms with Crippen molar-refractivity contribution in [2.45, 2.75) is 38.7 Å². The molecule has 1 spiro atoms. The number of hydrogen-bond acceptors (Lipinski definition) is 3. The SMILES string of the molecule is CC1(C)CCC2(C1)OC(=O)N=C2N. The van der Waals surface area contributed by atoms with Crippen molar-refractivity contribution in [2.75, 3.05) is 0 Å². The van der Waals surface area contributed by atoms with Gasteiger partial charge < -0.3 is 10.5 Å². The van der Waals surface area contributed by atoms with Crippen LogP contribution in [0.15, 0.2) is 4.99 Å². The van der Waals surface area contributed by atoms with Gasteiger partial charge in [0.25, 0.3) is 0 Å². The third-order valence-corrected chi connectivity index (χ3v) is 2.93. The van der Waals surface area contributed by atoms with Crippen LogP contribution in [0, 0.1) is 5.41 Å². The maximum Gasteiger partial charge on any atom is 0.436 e. The van der Waals surface area contributed by atoms with E-state index in [1.165, 1.54) is 0 Å². The van der Waals surface area contributed by atoms with Crippen molar-refractivity contribution in [3.05, 3.63) is 0 Å². The molecule has 0 radical (unpaired) electrons. The monoisotopic (exact) mass is 182 g/mol. The number of amidine groups is 1. The Kier molecular flexibility index (Phi) is 1.47. The summed E-state index contributed by atoms with van der Waals surface area (Å²) in [5.41, 5.74) is 5.32. The molecule has 1 saturated carbocycles. The summed E-state index contributed by atoms with van der Waals surface area (Å²) in [5.74, 6) is 0.364. The zero-order valence-corrected chi connectivity index (χ0v) is 7.96. The minimum Gasteiger partial charge on any atom is -0.433 e. The zero-order valence-electron chi connectivity index (χ0n) is 7.96. The van der Waals surface area contributed by atoms with Crippen molar-refractivity contribution in [3.63, 3.8) is 0 Å². The van der Waals surface area contributed by atoms with E-state index in [1.807, 2.05) is 0 Å². The second-order valence-corrected chi connectivity index (χ2v) is 4.70. The maximum atomic E-state index is 10.9. The molecule has 1 heterocycles. The van der Waals surface area contributed by atoms with Crippen LogP contribution in [0.5, 0.6) is 0 Å². The van der Waals surface area contributed by atoms with Crippen LogP contribution in [-0.4, -0.2) is 17.5 Å². The first-order chi connectivity index (χ1) is 5.94. The fourth-order valence-corrected chi connectivity index (χ4v) is 2.24. The molecule has 1 aliphatic heterocycles. The number of ether oxygens (including phenoxy) is 1. The van der Waals surface area contributed by atoms with Crippen molar-refractivity contribution in [1.82, 2.24) is 0 Å². The molecule has 0 bridgehead atoms. The number of carbonyl (C=O) groups excluding carboxylic acids is 1. The summed E-state index contributed by atoms with van der Waals surface area (Å²) in [5, 5.41) is 0. The van der Waals surface area contributed by atoms with Crippen molar-refractivity contribution in [2.24, 2.45) is 16.1 Å². The molecule has 1 atom stereocenters. The van der Waals surface area contributed by atoms with Crippen molar-refractivity contribution < 1.29 is 9.53 Å². The van der Waals surface area contributed by atoms with Gasteiger partial charge in [-0.3, -0.25) is 0 Å². The fraction of sp³-hybridized carbons (Fsp3) is 0.778. The summed E-state index contributed by atoms with van der Waals surface area (Å²) < 4.78 is 5.19. The van der Waals surface area contributed by atoms with Gasteiger partial charge in [0.05, 0.1) is 0 Å². The van der Waals surface area contributed by atoms with Gasteiger partial charge in [-0.25, -0.2) is 4.79 Å². The van der Waals surface area contributed by atoms with Crippen LogP contribution in [0.2, 0.25) is 0 Å². The molecular weight excluding hydrogens is 168 g/mol. The summed E-state index contributed by atoms with van der Waals surface area (Å²) in [6.45, 7) is 4.31. The first-order valence-corrected chi connectivity index (χ1v) is 4.51. The fourth-order valence-electron chi connectivity index (χ4n) is 2.24. The summed E-state index contributed by atoms with van der Waals surface area (Å²) in [7, 11) is 0. The first kappa shape index (κ1) is 8.53. The van der Waals surface area contributed by atoms with Crippen LogP contribution in [0.1, 0.15) is 33.1 Å². The molecule has 2 rings (SSSR count). The number of nitrogens with zero attached hydrogens (tertiary/aromatic N) is 1. The molecular formula is C9H14N2O2. The second-order valence-electron chi connectivity index (χ2n) is 4.70. The van der Waals surface area contributed by atoms with Crippen LogP contribution >= 0.6 is 0 Å². The van der Waals surface area contributed by atoms with E-state index in [0.717, 1.165) is 19.3 Å². The van der Waals surface area contributed by atoms with Crippen molar-refractivity contribution in [1.29, 1.82) is 0 Å². The van der Waals surface area contributed by atoms with Gasteiger partial charge in [-0.1, -0.05) is 13.8 Å². The Bertz CT molecular complexity index is 296. The third kappa shape index (κ3) is 1.20. The Hall–Kier alpha value is -1.06. The van der Waals surface area contributed by atoms with E-state index >= 15 is 0 Å². The van der Waals surface area contributed by atoms with Gasteiger partial charge in [0.1, 0.15) is 0 Å². The Morgan fingerprint density at radius 2 is 2.15 bits per heavy atom. The highest BCUT2D eigenvalue weighted by Gasteiger charge is 2.52. The lowest BCUT2D eigenvalue weighted by Gasteiger charge is -2.24. The second kappa shape index (κ2) is 2.25. The molecule has 1 amide bonds. The quantitative estimate of drug-likeness (QED) is 0.616. The summed E-state index contributed by atoms with van der Waals surface area (Å²) in [4.78, 5) is 14.6. The summed E-state index contributed by atoms with van der Waals surface area (Å²) in [6.07, 6.45) is 2.09. The number of carbonyl (C=O) groups is 1. The molecule has 72 valence electrons. The molecule has 0 aromatic rings. The van der Waals surface area contributed by atoms with Gasteiger partial charge in [0.15, 0.2) is 11.4 Å². The maximum absolute atomic E-state index is 10.9. The van der Waals surface area contributed by atoms with E-state index in [4.69, 9.17) is 10.5 Å². The highest BCUT2D eigenvalue weighted by molar-refractivity contribution is 6.02. The Balaban J connectivity index is 2.26. The van der Waals surface area contributed by atoms with Crippen molar-refractivity contribution >= 4 is 11.9 Å². The van der Waals surface area contributed by atoms with Crippen LogP contribution < -0.4 is 5.73 Å². The lowest BCUT2D eigenvalue weighted by molar-refractivity contribution is 0.0785. The van der Waals surface area contributed by atoms with E-state index in [9.17, 15) is 4.79 Å². The average Bonchev–Trinajstić information content (AvgIpc) is 2.38. The zero-order chi connectivity index (χ0) is 9.69. The molecule has 0 aromatic carbocycles. The largest absolute Gasteiger partial charge is 0.436 e. The van der Waals surface area contributed by atoms with Crippen LogP contribution in [0.4, 0.5) is 4.79 Å². The van der Waals surface area contributed by atoms with E-state index in [2.05, 4.69) is 18.8 Å². The standard InChI is InChI=1S/C9H14N2O2/c1-8(2)3-4-9(5-8)6(10)11-7(12)13-9/h3-5H2,1-2H3,(H2,10,11,12). The molecule has 1 unspecified atom stereocenters. The molecule has 4 heteroatoms.